The van der Waals surface area contributed by atoms with Crippen LogP contribution in [-0.4, -0.2) is 17.0 Å². The first kappa shape index (κ1) is 18.2. The Kier molecular flexibility index (Phi) is 5.77. The molecule has 0 aliphatic heterocycles. The number of anilines is 1. The topological polar surface area (TPSA) is 81.3 Å². The molecule has 0 bridgehead atoms. The Balaban J connectivity index is 2.14. The smallest absolute Gasteiger partial charge is 0.258 e. The molecule has 0 aliphatic carbocycles. The molecule has 2 N–H and O–H groups in total. The maximum atomic E-state index is 12.2. The fourth-order valence-electron chi connectivity index (χ4n) is 1.89. The number of hydrogen-bond donors (Lipinski definition) is 2. The van der Waals surface area contributed by atoms with Crippen molar-refractivity contribution in [3.05, 3.63) is 63.1 Å². The Hall–Kier alpha value is -2.15. The van der Waals surface area contributed by atoms with Gasteiger partial charge in [0, 0.05) is 5.69 Å². The first-order valence-corrected chi connectivity index (χ1v) is 7.84. The molecule has 1 amide bonds. The molecular weight excluding hydrogens is 371 g/mol. The molecule has 5 nitrogen and oxygen atoms in total. The minimum absolute atomic E-state index is 0.00453. The molecule has 124 valence electrons. The van der Waals surface area contributed by atoms with Crippen molar-refractivity contribution in [2.24, 2.45) is 0 Å². The third-order valence-electron chi connectivity index (χ3n) is 3.14. The fourth-order valence-corrected chi connectivity index (χ4v) is 2.48. The number of thiocarbonyl (C=S) groups is 1. The van der Waals surface area contributed by atoms with Gasteiger partial charge in [-0.3, -0.25) is 10.1 Å². The predicted octanol–water partition coefficient (Wildman–Crippen LogP) is 2.79. The molecule has 0 saturated carbocycles. The zero-order chi connectivity index (χ0) is 17.9. The van der Waals surface area contributed by atoms with E-state index in [4.69, 9.17) is 35.4 Å². The van der Waals surface area contributed by atoms with Crippen LogP contribution >= 0.6 is 35.4 Å². The van der Waals surface area contributed by atoms with E-state index in [1.807, 2.05) is 0 Å². The van der Waals surface area contributed by atoms with Gasteiger partial charge < -0.3 is 15.2 Å². The highest BCUT2D eigenvalue weighted by Crippen LogP contribution is 2.25. The molecule has 0 atom stereocenters. The number of carbonyl (C=O) groups excluding carboxylic acids is 2. The summed E-state index contributed by atoms with van der Waals surface area (Å²) in [5.74, 6) is -1.84. The normalized spacial score (nSPS) is 10.1. The number of rotatable bonds is 3. The third kappa shape index (κ3) is 4.23. The van der Waals surface area contributed by atoms with Gasteiger partial charge in [-0.15, -0.1) is 0 Å². The van der Waals surface area contributed by atoms with Crippen molar-refractivity contribution in [1.82, 2.24) is 5.32 Å². The van der Waals surface area contributed by atoms with Gasteiger partial charge >= 0.3 is 0 Å². The van der Waals surface area contributed by atoms with Gasteiger partial charge in [0.05, 0.1) is 21.6 Å². The number of aryl methyl sites for hydroxylation is 1. The van der Waals surface area contributed by atoms with Crippen molar-refractivity contribution in [3.63, 3.8) is 0 Å². The molecule has 0 heterocycles. The van der Waals surface area contributed by atoms with E-state index in [9.17, 15) is 14.7 Å². The Morgan fingerprint density at radius 2 is 1.88 bits per heavy atom. The summed E-state index contributed by atoms with van der Waals surface area (Å²) in [4.78, 5) is 23.1. The zero-order valence-corrected chi connectivity index (χ0v) is 14.7. The second-order valence-corrected chi connectivity index (χ2v) is 6.02. The van der Waals surface area contributed by atoms with Gasteiger partial charge in [0.2, 0.25) is 0 Å². The summed E-state index contributed by atoms with van der Waals surface area (Å²) in [5.41, 5.74) is 1.36. The molecule has 2 aromatic rings. The molecule has 8 heteroatoms. The number of aromatic carboxylic acids is 1. The molecule has 2 rings (SSSR count). The molecule has 2 aromatic carbocycles. The molecule has 0 unspecified atom stereocenters. The molecular formula is C16H11Cl2N2O3S-. The SMILES string of the molecule is Cc1ccc(C(=O)[O-])cc1NC(=S)NC(=O)c1cccc(Cl)c1Cl. The Morgan fingerprint density at radius 3 is 2.54 bits per heavy atom. The first-order chi connectivity index (χ1) is 11.3. The number of benzene rings is 2. The molecule has 0 aliphatic rings. The second-order valence-electron chi connectivity index (χ2n) is 4.83. The Morgan fingerprint density at radius 1 is 1.17 bits per heavy atom. The summed E-state index contributed by atoms with van der Waals surface area (Å²) in [6.07, 6.45) is 0. The van der Waals surface area contributed by atoms with Crippen molar-refractivity contribution in [2.45, 2.75) is 6.92 Å². The molecule has 0 saturated heterocycles. The van der Waals surface area contributed by atoms with Crippen LogP contribution in [-0.2, 0) is 0 Å². The van der Waals surface area contributed by atoms with Gasteiger partial charge in [0.1, 0.15) is 0 Å². The van der Waals surface area contributed by atoms with E-state index in [1.165, 1.54) is 18.2 Å². The summed E-state index contributed by atoms with van der Waals surface area (Å²) >= 11 is 16.9. The van der Waals surface area contributed by atoms with Crippen LogP contribution in [0.1, 0.15) is 26.3 Å². The Labute approximate surface area is 153 Å². The van der Waals surface area contributed by atoms with Crippen LogP contribution in [0.3, 0.4) is 0 Å². The number of hydrogen-bond acceptors (Lipinski definition) is 4. The average molecular weight is 382 g/mol. The molecule has 0 radical (unpaired) electrons. The number of carboxylic acid groups (broad SMARTS) is 1. The number of carboxylic acids is 1. The lowest BCUT2D eigenvalue weighted by atomic mass is 10.1. The van der Waals surface area contributed by atoms with E-state index in [0.29, 0.717) is 5.69 Å². The molecule has 0 spiro atoms. The van der Waals surface area contributed by atoms with Crippen molar-refractivity contribution in [1.29, 1.82) is 0 Å². The van der Waals surface area contributed by atoms with Crippen LogP contribution in [0.15, 0.2) is 36.4 Å². The van der Waals surface area contributed by atoms with Crippen LogP contribution in [0.2, 0.25) is 10.0 Å². The van der Waals surface area contributed by atoms with Gasteiger partial charge in [0.25, 0.3) is 5.91 Å². The van der Waals surface area contributed by atoms with E-state index in [2.05, 4.69) is 10.6 Å². The third-order valence-corrected chi connectivity index (χ3v) is 4.17. The summed E-state index contributed by atoms with van der Waals surface area (Å²) in [5, 5.41) is 16.5. The first-order valence-electron chi connectivity index (χ1n) is 6.68. The minimum atomic E-state index is -1.31. The van der Waals surface area contributed by atoms with E-state index in [-0.39, 0.29) is 26.3 Å². The van der Waals surface area contributed by atoms with E-state index in [1.54, 1.807) is 25.1 Å². The minimum Gasteiger partial charge on any atom is -0.545 e. The highest BCUT2D eigenvalue weighted by Gasteiger charge is 2.14. The van der Waals surface area contributed by atoms with Crippen LogP contribution in [0.25, 0.3) is 0 Å². The monoisotopic (exact) mass is 381 g/mol. The van der Waals surface area contributed by atoms with E-state index >= 15 is 0 Å². The van der Waals surface area contributed by atoms with Crippen molar-refractivity contribution in [3.8, 4) is 0 Å². The summed E-state index contributed by atoms with van der Waals surface area (Å²) in [7, 11) is 0. The second kappa shape index (κ2) is 7.61. The van der Waals surface area contributed by atoms with Gasteiger partial charge in [-0.25, -0.2) is 0 Å². The van der Waals surface area contributed by atoms with Crippen LogP contribution in [0.4, 0.5) is 5.69 Å². The van der Waals surface area contributed by atoms with Gasteiger partial charge in [-0.1, -0.05) is 41.4 Å². The summed E-state index contributed by atoms with van der Waals surface area (Å²) in [6.45, 7) is 1.76. The van der Waals surface area contributed by atoms with Gasteiger partial charge in [-0.05, 0) is 48.5 Å². The van der Waals surface area contributed by atoms with Crippen LogP contribution in [0, 0.1) is 6.92 Å². The van der Waals surface area contributed by atoms with Crippen molar-refractivity contribution < 1.29 is 14.7 Å². The molecule has 0 aromatic heterocycles. The van der Waals surface area contributed by atoms with Crippen LogP contribution < -0.4 is 15.7 Å². The lowest BCUT2D eigenvalue weighted by molar-refractivity contribution is -0.255. The maximum absolute atomic E-state index is 12.2. The van der Waals surface area contributed by atoms with Crippen molar-refractivity contribution >= 4 is 58.1 Å². The van der Waals surface area contributed by atoms with Crippen molar-refractivity contribution in [2.75, 3.05) is 5.32 Å². The standard InChI is InChI=1S/C16H12Cl2N2O3S/c1-8-5-6-9(15(22)23)7-12(8)19-16(24)20-14(21)10-3-2-4-11(17)13(10)18/h2-7H,1H3,(H,22,23)(H2,19,20,21,24)/p-1. The number of nitrogens with one attached hydrogen (secondary N) is 2. The van der Waals surface area contributed by atoms with Gasteiger partial charge in [0.15, 0.2) is 5.11 Å². The highest BCUT2D eigenvalue weighted by atomic mass is 35.5. The lowest BCUT2D eigenvalue weighted by Crippen LogP contribution is -2.34. The van der Waals surface area contributed by atoms with Crippen LogP contribution in [0.5, 0.6) is 0 Å². The zero-order valence-electron chi connectivity index (χ0n) is 12.4. The molecule has 0 fully saturated rings. The summed E-state index contributed by atoms with van der Waals surface area (Å²) in [6, 6.07) is 9.05. The summed E-state index contributed by atoms with van der Waals surface area (Å²) < 4.78 is 0. The average Bonchev–Trinajstić information content (AvgIpc) is 2.51. The molecule has 24 heavy (non-hydrogen) atoms. The van der Waals surface area contributed by atoms with Gasteiger partial charge in [-0.2, -0.15) is 0 Å². The number of carbonyl (C=O) groups is 2. The van der Waals surface area contributed by atoms with E-state index < -0.39 is 11.9 Å². The number of halogens is 2. The van der Waals surface area contributed by atoms with E-state index in [0.717, 1.165) is 5.56 Å². The fraction of sp³-hybridized carbons (Fsp3) is 0.0625. The number of amides is 1. The lowest BCUT2D eigenvalue weighted by Gasteiger charge is -2.14. The quantitative estimate of drug-likeness (QED) is 0.798. The maximum Gasteiger partial charge on any atom is 0.258 e. The Bertz CT molecular complexity index is 840. The largest absolute Gasteiger partial charge is 0.545 e. The predicted molar refractivity (Wildman–Crippen MR) is 95.7 cm³/mol. The highest BCUT2D eigenvalue weighted by molar-refractivity contribution is 7.80.